The van der Waals surface area contributed by atoms with E-state index in [1.807, 2.05) is 19.9 Å². The van der Waals surface area contributed by atoms with Crippen LogP contribution in [0.25, 0.3) is 12.2 Å². The van der Waals surface area contributed by atoms with Gasteiger partial charge in [0.15, 0.2) is 0 Å². The maximum atomic E-state index is 4.45. The fourth-order valence-electron chi connectivity index (χ4n) is 5.88. The molecule has 57 heavy (non-hydrogen) atoms. The van der Waals surface area contributed by atoms with Crippen LogP contribution in [0.5, 0.6) is 0 Å². The van der Waals surface area contributed by atoms with E-state index in [1.165, 1.54) is 77.7 Å². The van der Waals surface area contributed by atoms with Crippen LogP contribution in [0.3, 0.4) is 0 Å². The SMILES string of the molecule is C=C.C=C(C)CCCCCC.C=C/C=C(\C(=C)/C=C\CC)C(=C)C(C)(C)/C(C)=C/C=C/C=C/C=C/C(=C)C(C)(C)c1c(C)ccc2c1=CCCC=2.CC.CCCC. The second-order valence-corrected chi connectivity index (χ2v) is 15.4. The van der Waals surface area contributed by atoms with Crippen molar-refractivity contribution in [2.45, 2.75) is 160 Å². The molecule has 0 heterocycles. The van der Waals surface area contributed by atoms with E-state index in [2.05, 4.69) is 201 Å². The van der Waals surface area contributed by atoms with Gasteiger partial charge in [0.05, 0.1) is 0 Å². The van der Waals surface area contributed by atoms with E-state index < -0.39 is 0 Å². The molecule has 1 aliphatic rings. The maximum absolute atomic E-state index is 4.45. The first-order valence-corrected chi connectivity index (χ1v) is 21.8. The summed E-state index contributed by atoms with van der Waals surface area (Å²) < 4.78 is 0. The van der Waals surface area contributed by atoms with Gasteiger partial charge in [-0.3, -0.25) is 0 Å². The minimum Gasteiger partial charge on any atom is -0.106 e. The van der Waals surface area contributed by atoms with E-state index in [0.29, 0.717) is 0 Å². The van der Waals surface area contributed by atoms with E-state index in [0.717, 1.165) is 41.6 Å². The molecule has 0 heteroatoms. The first-order valence-electron chi connectivity index (χ1n) is 21.8. The Hall–Kier alpha value is -4.16. The van der Waals surface area contributed by atoms with Crippen molar-refractivity contribution >= 4 is 12.2 Å². The summed E-state index contributed by atoms with van der Waals surface area (Å²) in [7, 11) is 0. The summed E-state index contributed by atoms with van der Waals surface area (Å²) in [4.78, 5) is 0. The predicted octanol–water partition coefficient (Wildman–Crippen LogP) is 17.2. The van der Waals surface area contributed by atoms with Gasteiger partial charge < -0.3 is 0 Å². The van der Waals surface area contributed by atoms with Crippen molar-refractivity contribution in [3.63, 3.8) is 0 Å². The summed E-state index contributed by atoms with van der Waals surface area (Å²) in [6, 6.07) is 4.50. The van der Waals surface area contributed by atoms with E-state index in [-0.39, 0.29) is 10.8 Å². The molecule has 0 atom stereocenters. The molecule has 0 aliphatic heterocycles. The molecule has 2 rings (SSSR count). The van der Waals surface area contributed by atoms with Crippen molar-refractivity contribution in [3.8, 4) is 0 Å². The second kappa shape index (κ2) is 33.9. The van der Waals surface area contributed by atoms with Gasteiger partial charge >= 0.3 is 0 Å². The van der Waals surface area contributed by atoms with Crippen molar-refractivity contribution in [1.29, 1.82) is 0 Å². The Kier molecular flexibility index (Phi) is 34.0. The molecule has 0 N–H and O–H groups in total. The van der Waals surface area contributed by atoms with Crippen molar-refractivity contribution in [2.24, 2.45) is 5.41 Å². The average Bonchev–Trinajstić information content (AvgIpc) is 3.21. The highest BCUT2D eigenvalue weighted by Gasteiger charge is 2.27. The Morgan fingerprint density at radius 3 is 1.84 bits per heavy atom. The molecular weight excluding hydrogens is 685 g/mol. The first-order chi connectivity index (χ1) is 27.1. The van der Waals surface area contributed by atoms with Crippen LogP contribution in [0.15, 0.2) is 158 Å². The van der Waals surface area contributed by atoms with E-state index >= 15 is 0 Å². The molecule has 0 nitrogen and oxygen atoms in total. The molecule has 316 valence electrons. The number of aryl methyl sites for hydroxylation is 1. The minimum absolute atomic E-state index is 0.151. The van der Waals surface area contributed by atoms with Gasteiger partial charge in [0.25, 0.3) is 0 Å². The summed E-state index contributed by atoms with van der Waals surface area (Å²) in [5.74, 6) is 0. The summed E-state index contributed by atoms with van der Waals surface area (Å²) in [6.45, 7) is 55.0. The number of fused-ring (bicyclic) bond motifs is 1. The highest BCUT2D eigenvalue weighted by Crippen LogP contribution is 2.40. The highest BCUT2D eigenvalue weighted by molar-refractivity contribution is 5.55. The van der Waals surface area contributed by atoms with Crippen LogP contribution >= 0.6 is 0 Å². The predicted molar refractivity (Wildman–Crippen MR) is 268 cm³/mol. The Morgan fingerprint density at radius 2 is 1.30 bits per heavy atom. The molecule has 0 aromatic heterocycles. The number of unbranched alkanes of at least 4 members (excludes halogenated alkanes) is 4. The zero-order valence-corrected chi connectivity index (χ0v) is 39.7. The third-order valence-corrected chi connectivity index (χ3v) is 10.1. The molecule has 0 unspecified atom stereocenters. The lowest BCUT2D eigenvalue weighted by molar-refractivity contribution is 0.548. The average molecular weight is 773 g/mol. The molecule has 1 aliphatic carbocycles. The summed E-state index contributed by atoms with van der Waals surface area (Å²) >= 11 is 0. The third-order valence-electron chi connectivity index (χ3n) is 10.1. The topological polar surface area (TPSA) is 0 Å². The number of rotatable bonds is 19. The van der Waals surface area contributed by atoms with Crippen LogP contribution in [0.4, 0.5) is 0 Å². The van der Waals surface area contributed by atoms with Crippen LogP contribution in [0.1, 0.15) is 158 Å². The van der Waals surface area contributed by atoms with Crippen LogP contribution < -0.4 is 10.4 Å². The Balaban J connectivity index is -0.00000144. The molecule has 1 aromatic carbocycles. The smallest absolute Gasteiger partial charge is 0.0149 e. The van der Waals surface area contributed by atoms with Gasteiger partial charge in [0, 0.05) is 10.8 Å². The third kappa shape index (κ3) is 22.4. The fraction of sp³-hybridized carbons (Fsp3) is 0.439. The van der Waals surface area contributed by atoms with Gasteiger partial charge in [-0.15, -0.1) is 19.7 Å². The van der Waals surface area contributed by atoms with E-state index in [9.17, 15) is 0 Å². The van der Waals surface area contributed by atoms with Crippen molar-refractivity contribution < 1.29 is 0 Å². The normalized spacial score (nSPS) is 12.7. The van der Waals surface area contributed by atoms with Crippen molar-refractivity contribution in [2.75, 3.05) is 0 Å². The van der Waals surface area contributed by atoms with Gasteiger partial charge in [0.2, 0.25) is 0 Å². The quantitative estimate of drug-likeness (QED) is 0.0746. The molecule has 0 saturated heterocycles. The number of hydrogen-bond acceptors (Lipinski definition) is 0. The number of benzene rings is 1. The van der Waals surface area contributed by atoms with Gasteiger partial charge in [-0.25, -0.2) is 0 Å². The standard InChI is InChI=1S/C40H50.C9H18.C4H10.C2H6.C2H4/c1-12-14-23-30(3)36(22-13-2)34(7)39(8,9)32(5)24-18-16-15-17-19-25-33(6)40(10,11)38-31(4)28-29-35-26-20-21-27-37(35)38;1-4-5-6-7-8-9(2)3;1-3-4-2;2*1-2/h13-19,22-29H,2-3,6-7,12,20-21H2,1,4-5,8-11H3;2,4-8H2,1,3H3;3-4H2,1-2H3;1-2H3;1-2H2/b17-15+,18-16+,23-14-,25-19+,32-24+,36-22+;;;;. The van der Waals surface area contributed by atoms with Crippen molar-refractivity contribution in [1.82, 2.24) is 0 Å². The molecule has 0 spiro atoms. The molecule has 0 saturated carbocycles. The highest BCUT2D eigenvalue weighted by atomic mass is 14.3. The van der Waals surface area contributed by atoms with Gasteiger partial charge in [0.1, 0.15) is 0 Å². The summed E-state index contributed by atoms with van der Waals surface area (Å²) in [5, 5.41) is 2.73. The largest absolute Gasteiger partial charge is 0.106 e. The second-order valence-electron chi connectivity index (χ2n) is 15.4. The number of hydrogen-bond donors (Lipinski definition) is 0. The fourth-order valence-corrected chi connectivity index (χ4v) is 5.88. The molecule has 0 bridgehead atoms. The van der Waals surface area contributed by atoms with Crippen molar-refractivity contribution in [3.05, 3.63) is 180 Å². The Morgan fingerprint density at radius 1 is 0.719 bits per heavy atom. The van der Waals surface area contributed by atoms with Crippen LogP contribution in [-0.2, 0) is 5.41 Å². The molecule has 1 aromatic rings. The van der Waals surface area contributed by atoms with Crippen LogP contribution in [0.2, 0.25) is 0 Å². The van der Waals surface area contributed by atoms with Gasteiger partial charge in [-0.2, -0.15) is 0 Å². The first kappa shape index (κ1) is 57.2. The van der Waals surface area contributed by atoms with E-state index in [1.54, 1.807) is 6.08 Å². The number of allylic oxidation sites excluding steroid dienone is 17. The zero-order chi connectivity index (χ0) is 44.5. The summed E-state index contributed by atoms with van der Waals surface area (Å²) in [5.41, 5.74) is 9.03. The lowest BCUT2D eigenvalue weighted by Gasteiger charge is -2.30. The lowest BCUT2D eigenvalue weighted by Crippen LogP contribution is -2.38. The Bertz CT molecular complexity index is 1660. The van der Waals surface area contributed by atoms with Gasteiger partial charge in [-0.1, -0.05) is 230 Å². The summed E-state index contributed by atoms with van der Waals surface area (Å²) in [6.07, 6.45) is 39.9. The molecular formula is C57H88. The molecule has 0 radical (unpaired) electrons. The van der Waals surface area contributed by atoms with Gasteiger partial charge in [-0.05, 0) is 96.7 Å². The zero-order valence-electron chi connectivity index (χ0n) is 39.7. The van der Waals surface area contributed by atoms with Crippen LogP contribution in [0, 0.1) is 12.3 Å². The lowest BCUT2D eigenvalue weighted by atomic mass is 9.73. The Labute approximate surface area is 355 Å². The van der Waals surface area contributed by atoms with Crippen LogP contribution in [-0.4, -0.2) is 0 Å². The minimum atomic E-state index is -0.223. The molecule has 0 fully saturated rings. The molecule has 0 amide bonds. The van der Waals surface area contributed by atoms with E-state index in [4.69, 9.17) is 0 Å². The maximum Gasteiger partial charge on any atom is 0.0149 e. The monoisotopic (exact) mass is 773 g/mol.